The second kappa shape index (κ2) is 9.20. The molecule has 0 saturated carbocycles. The van der Waals surface area contributed by atoms with E-state index in [1.807, 2.05) is 9.80 Å². The first-order valence-electron chi connectivity index (χ1n) is 11.2. The SMILES string of the molecule is Cc1noc(C)c1C(=O)N1CCC([C@H]2CCCCN2C(=O)Cc2ccccc2F)CC1. The van der Waals surface area contributed by atoms with Gasteiger partial charge in [-0.3, -0.25) is 9.59 Å². The fraction of sp³-hybridized carbons (Fsp3) is 0.542. The first-order valence-corrected chi connectivity index (χ1v) is 11.2. The van der Waals surface area contributed by atoms with Gasteiger partial charge in [-0.2, -0.15) is 0 Å². The van der Waals surface area contributed by atoms with Crippen LogP contribution in [0.5, 0.6) is 0 Å². The largest absolute Gasteiger partial charge is 0.361 e. The number of piperidine rings is 2. The van der Waals surface area contributed by atoms with Crippen LogP contribution in [0, 0.1) is 25.6 Å². The molecule has 4 rings (SSSR count). The second-order valence-corrected chi connectivity index (χ2v) is 8.75. The van der Waals surface area contributed by atoms with E-state index in [1.54, 1.807) is 32.0 Å². The van der Waals surface area contributed by atoms with Crippen LogP contribution >= 0.6 is 0 Å². The quantitative estimate of drug-likeness (QED) is 0.742. The number of carbonyl (C=O) groups is 2. The Bertz CT molecular complexity index is 930. The highest BCUT2D eigenvalue weighted by molar-refractivity contribution is 5.96. The molecule has 2 amide bonds. The van der Waals surface area contributed by atoms with Gasteiger partial charge in [0.25, 0.3) is 5.91 Å². The van der Waals surface area contributed by atoms with Gasteiger partial charge in [0.15, 0.2) is 0 Å². The lowest BCUT2D eigenvalue weighted by atomic mass is 9.83. The smallest absolute Gasteiger partial charge is 0.259 e. The number of hydrogen-bond acceptors (Lipinski definition) is 4. The third-order valence-corrected chi connectivity index (χ3v) is 6.79. The van der Waals surface area contributed by atoms with E-state index in [2.05, 4.69) is 5.16 Å². The highest BCUT2D eigenvalue weighted by atomic mass is 19.1. The van der Waals surface area contributed by atoms with Crippen LogP contribution < -0.4 is 0 Å². The molecule has 166 valence electrons. The summed E-state index contributed by atoms with van der Waals surface area (Å²) in [5.41, 5.74) is 1.65. The number of aromatic nitrogens is 1. The number of halogens is 1. The third-order valence-electron chi connectivity index (χ3n) is 6.79. The van der Waals surface area contributed by atoms with Crippen LogP contribution in [0.1, 0.15) is 59.5 Å². The lowest BCUT2D eigenvalue weighted by Gasteiger charge is -2.43. The Balaban J connectivity index is 1.40. The minimum Gasteiger partial charge on any atom is -0.361 e. The number of rotatable bonds is 4. The van der Waals surface area contributed by atoms with Crippen LogP contribution in [-0.2, 0) is 11.2 Å². The third kappa shape index (κ3) is 4.50. The van der Waals surface area contributed by atoms with E-state index in [9.17, 15) is 14.0 Å². The maximum Gasteiger partial charge on any atom is 0.259 e. The average Bonchev–Trinajstić information content (AvgIpc) is 3.13. The number of benzene rings is 1. The molecule has 31 heavy (non-hydrogen) atoms. The van der Waals surface area contributed by atoms with E-state index >= 15 is 0 Å². The zero-order chi connectivity index (χ0) is 22.0. The van der Waals surface area contributed by atoms with Crippen molar-refractivity contribution in [3.8, 4) is 0 Å². The van der Waals surface area contributed by atoms with Crippen molar-refractivity contribution in [2.24, 2.45) is 5.92 Å². The Morgan fingerprint density at radius 3 is 2.52 bits per heavy atom. The van der Waals surface area contributed by atoms with Gasteiger partial charge in [-0.1, -0.05) is 23.4 Å². The number of amides is 2. The van der Waals surface area contributed by atoms with Crippen molar-refractivity contribution in [3.05, 3.63) is 52.7 Å². The fourth-order valence-corrected chi connectivity index (χ4v) is 5.10. The summed E-state index contributed by atoms with van der Waals surface area (Å²) in [6, 6.07) is 6.67. The lowest BCUT2D eigenvalue weighted by Crippen LogP contribution is -2.51. The summed E-state index contributed by atoms with van der Waals surface area (Å²) >= 11 is 0. The molecule has 0 spiro atoms. The fourth-order valence-electron chi connectivity index (χ4n) is 5.10. The number of carbonyl (C=O) groups excluding carboxylic acids is 2. The molecular weight excluding hydrogens is 397 g/mol. The highest BCUT2D eigenvalue weighted by Gasteiger charge is 2.36. The molecule has 2 fully saturated rings. The van der Waals surface area contributed by atoms with Gasteiger partial charge >= 0.3 is 0 Å². The molecule has 0 radical (unpaired) electrons. The predicted molar refractivity (Wildman–Crippen MR) is 114 cm³/mol. The van der Waals surface area contributed by atoms with E-state index in [4.69, 9.17) is 4.52 Å². The molecule has 3 heterocycles. The molecule has 7 heteroatoms. The van der Waals surface area contributed by atoms with E-state index < -0.39 is 0 Å². The van der Waals surface area contributed by atoms with Crippen molar-refractivity contribution in [2.75, 3.05) is 19.6 Å². The van der Waals surface area contributed by atoms with Crippen molar-refractivity contribution < 1.29 is 18.5 Å². The molecule has 1 aromatic carbocycles. The van der Waals surface area contributed by atoms with Gasteiger partial charge in [-0.15, -0.1) is 0 Å². The zero-order valence-corrected chi connectivity index (χ0v) is 18.3. The van der Waals surface area contributed by atoms with E-state index in [1.165, 1.54) is 6.07 Å². The van der Waals surface area contributed by atoms with Crippen LogP contribution in [0.3, 0.4) is 0 Å². The Morgan fingerprint density at radius 1 is 1.10 bits per heavy atom. The molecule has 0 bridgehead atoms. The van der Waals surface area contributed by atoms with E-state index in [-0.39, 0.29) is 30.1 Å². The standard InChI is InChI=1S/C24H30FN3O3/c1-16-23(17(2)31-26-16)24(30)27-13-10-18(11-14-27)21-9-5-6-12-28(21)22(29)15-19-7-3-4-8-20(19)25/h3-4,7-8,18,21H,5-6,9-15H2,1-2H3/t21-/m1/s1. The lowest BCUT2D eigenvalue weighted by molar-refractivity contribution is -0.136. The molecule has 2 saturated heterocycles. The van der Waals surface area contributed by atoms with Crippen molar-refractivity contribution in [1.82, 2.24) is 15.0 Å². The molecule has 2 aromatic rings. The van der Waals surface area contributed by atoms with E-state index in [0.717, 1.165) is 38.6 Å². The predicted octanol–water partition coefficient (Wildman–Crippen LogP) is 3.91. The van der Waals surface area contributed by atoms with Crippen molar-refractivity contribution in [2.45, 2.75) is 58.4 Å². The number of likely N-dealkylation sites (tertiary alicyclic amines) is 2. The highest BCUT2D eigenvalue weighted by Crippen LogP contribution is 2.32. The number of hydrogen-bond donors (Lipinski definition) is 0. The van der Waals surface area contributed by atoms with Gasteiger partial charge < -0.3 is 14.3 Å². The maximum absolute atomic E-state index is 14.0. The summed E-state index contributed by atoms with van der Waals surface area (Å²) in [6.07, 6.45) is 4.90. The summed E-state index contributed by atoms with van der Waals surface area (Å²) in [6.45, 7) is 5.62. The molecule has 0 aliphatic carbocycles. The van der Waals surface area contributed by atoms with Crippen molar-refractivity contribution >= 4 is 11.8 Å². The van der Waals surface area contributed by atoms with Crippen LogP contribution in [0.15, 0.2) is 28.8 Å². The molecule has 2 aliphatic rings. The van der Waals surface area contributed by atoms with Crippen LogP contribution in [0.25, 0.3) is 0 Å². The maximum atomic E-state index is 14.0. The monoisotopic (exact) mass is 427 g/mol. The van der Waals surface area contributed by atoms with Gasteiger partial charge in [0.05, 0.1) is 12.1 Å². The van der Waals surface area contributed by atoms with Crippen LogP contribution in [0.2, 0.25) is 0 Å². The molecular formula is C24H30FN3O3. The first kappa shape index (κ1) is 21.5. The molecule has 0 unspecified atom stereocenters. The summed E-state index contributed by atoms with van der Waals surface area (Å²) in [5.74, 6) is 0.575. The summed E-state index contributed by atoms with van der Waals surface area (Å²) < 4.78 is 19.2. The van der Waals surface area contributed by atoms with Gasteiger partial charge in [-0.05, 0) is 63.5 Å². The number of nitrogens with zero attached hydrogens (tertiary/aromatic N) is 3. The Morgan fingerprint density at radius 2 is 1.84 bits per heavy atom. The summed E-state index contributed by atoms with van der Waals surface area (Å²) in [5, 5.41) is 3.90. The van der Waals surface area contributed by atoms with Gasteiger partial charge in [0, 0.05) is 25.7 Å². The zero-order valence-electron chi connectivity index (χ0n) is 18.3. The van der Waals surface area contributed by atoms with Gasteiger partial charge in [0.2, 0.25) is 5.91 Å². The molecule has 1 aromatic heterocycles. The van der Waals surface area contributed by atoms with Gasteiger partial charge in [0.1, 0.15) is 17.1 Å². The average molecular weight is 428 g/mol. The summed E-state index contributed by atoms with van der Waals surface area (Å²) in [4.78, 5) is 29.8. The minimum absolute atomic E-state index is 0.00373. The molecule has 0 N–H and O–H groups in total. The van der Waals surface area contributed by atoms with Gasteiger partial charge in [-0.25, -0.2) is 4.39 Å². The molecule has 6 nitrogen and oxygen atoms in total. The summed E-state index contributed by atoms with van der Waals surface area (Å²) in [7, 11) is 0. The van der Waals surface area contributed by atoms with Crippen LogP contribution in [0.4, 0.5) is 4.39 Å². The topological polar surface area (TPSA) is 66.7 Å². The molecule has 2 aliphatic heterocycles. The van der Waals surface area contributed by atoms with E-state index in [0.29, 0.717) is 41.6 Å². The minimum atomic E-state index is -0.324. The van der Waals surface area contributed by atoms with Crippen molar-refractivity contribution in [3.63, 3.8) is 0 Å². The second-order valence-electron chi connectivity index (χ2n) is 8.75. The Hall–Kier alpha value is -2.70. The Kier molecular flexibility index (Phi) is 6.39. The normalized spacial score (nSPS) is 20.2. The van der Waals surface area contributed by atoms with Crippen molar-refractivity contribution in [1.29, 1.82) is 0 Å². The first-order chi connectivity index (χ1) is 15.0. The van der Waals surface area contributed by atoms with Crippen LogP contribution in [-0.4, -0.2) is 52.4 Å². The molecule has 1 atom stereocenters. The Labute approximate surface area is 182 Å². The number of aryl methyl sites for hydroxylation is 2.